The molecule has 28 heavy (non-hydrogen) atoms. The summed E-state index contributed by atoms with van der Waals surface area (Å²) in [6, 6.07) is 11.8. The molecule has 0 aliphatic heterocycles. The second-order valence-electron chi connectivity index (χ2n) is 6.26. The quantitative estimate of drug-likeness (QED) is 0.349. The Kier molecular flexibility index (Phi) is 9.31. The molecule has 2 rings (SSSR count). The van der Waals surface area contributed by atoms with Gasteiger partial charge in [0, 0.05) is 34.2 Å². The number of nitrogens with one attached hydrogen (secondary N) is 2. The Labute approximate surface area is 183 Å². The van der Waals surface area contributed by atoms with E-state index in [1.54, 1.807) is 50.4 Å². The normalized spacial score (nSPS) is 11.9. The SMILES string of the molecule is CN=C(NCc1ccc(F)c(C)c1)NCc1ccccc1S(=O)(=O)N(C)C.I. The van der Waals surface area contributed by atoms with Crippen LogP contribution in [0.1, 0.15) is 16.7 Å². The molecule has 0 amide bonds. The topological polar surface area (TPSA) is 73.8 Å². The molecular weight excluding hydrogens is 494 g/mol. The number of sulfonamides is 1. The number of benzene rings is 2. The number of aliphatic imine (C=N–C) groups is 1. The number of guanidine groups is 1. The standard InChI is InChI=1S/C19H25FN4O2S.HI/c1-14-11-15(9-10-17(14)20)12-22-19(21-2)23-13-16-7-5-6-8-18(16)27(25,26)24(3)4;/h5-11H,12-13H2,1-4H3,(H2,21,22,23);1H. The lowest BCUT2D eigenvalue weighted by molar-refractivity contribution is 0.519. The first kappa shape index (κ1) is 24.3. The van der Waals surface area contributed by atoms with Crippen LogP contribution in [-0.4, -0.2) is 39.8 Å². The van der Waals surface area contributed by atoms with Crippen LogP contribution in [-0.2, 0) is 23.1 Å². The molecule has 0 aromatic heterocycles. The van der Waals surface area contributed by atoms with Crippen molar-refractivity contribution in [1.82, 2.24) is 14.9 Å². The average Bonchev–Trinajstić information content (AvgIpc) is 2.64. The second kappa shape index (κ2) is 10.7. The summed E-state index contributed by atoms with van der Waals surface area (Å²) in [6.07, 6.45) is 0. The van der Waals surface area contributed by atoms with E-state index >= 15 is 0 Å². The van der Waals surface area contributed by atoms with E-state index in [1.165, 1.54) is 24.5 Å². The fourth-order valence-electron chi connectivity index (χ4n) is 2.50. The molecule has 0 radical (unpaired) electrons. The first-order valence-corrected chi connectivity index (χ1v) is 9.89. The first-order chi connectivity index (χ1) is 12.8. The molecule has 2 aromatic carbocycles. The Morgan fingerprint density at radius 2 is 1.75 bits per heavy atom. The predicted molar refractivity (Wildman–Crippen MR) is 121 cm³/mol. The van der Waals surface area contributed by atoms with Gasteiger partial charge in [0.25, 0.3) is 0 Å². The molecule has 0 spiro atoms. The molecule has 0 unspecified atom stereocenters. The van der Waals surface area contributed by atoms with Gasteiger partial charge in [0.2, 0.25) is 10.0 Å². The summed E-state index contributed by atoms with van der Waals surface area (Å²) in [5.41, 5.74) is 2.15. The van der Waals surface area contributed by atoms with Crippen LogP contribution < -0.4 is 10.6 Å². The highest BCUT2D eigenvalue weighted by molar-refractivity contribution is 14.0. The van der Waals surface area contributed by atoms with Crippen molar-refractivity contribution in [3.05, 3.63) is 65.0 Å². The lowest BCUT2D eigenvalue weighted by Crippen LogP contribution is -2.36. The zero-order valence-corrected chi connectivity index (χ0v) is 19.5. The molecule has 6 nitrogen and oxygen atoms in total. The number of hydrogen-bond acceptors (Lipinski definition) is 3. The van der Waals surface area contributed by atoms with E-state index in [1.807, 2.05) is 0 Å². The highest BCUT2D eigenvalue weighted by Gasteiger charge is 2.20. The minimum Gasteiger partial charge on any atom is -0.352 e. The second-order valence-corrected chi connectivity index (χ2v) is 8.38. The van der Waals surface area contributed by atoms with E-state index in [-0.39, 0.29) is 34.7 Å². The van der Waals surface area contributed by atoms with Crippen LogP contribution in [0.5, 0.6) is 0 Å². The number of nitrogens with zero attached hydrogens (tertiary/aromatic N) is 2. The van der Waals surface area contributed by atoms with Crippen molar-refractivity contribution < 1.29 is 12.8 Å². The molecule has 2 N–H and O–H groups in total. The summed E-state index contributed by atoms with van der Waals surface area (Å²) in [5, 5.41) is 6.26. The zero-order chi connectivity index (χ0) is 20.0. The maximum atomic E-state index is 13.4. The summed E-state index contributed by atoms with van der Waals surface area (Å²) < 4.78 is 39.5. The van der Waals surface area contributed by atoms with Crippen molar-refractivity contribution in [2.45, 2.75) is 24.9 Å². The van der Waals surface area contributed by atoms with Crippen LogP contribution in [0.25, 0.3) is 0 Å². The average molecular weight is 520 g/mol. The third-order valence-corrected chi connectivity index (χ3v) is 6.00. The lowest BCUT2D eigenvalue weighted by atomic mass is 10.1. The fraction of sp³-hybridized carbons (Fsp3) is 0.316. The smallest absolute Gasteiger partial charge is 0.242 e. The Bertz CT molecular complexity index is 933. The van der Waals surface area contributed by atoms with E-state index in [2.05, 4.69) is 15.6 Å². The number of rotatable bonds is 6. The highest BCUT2D eigenvalue weighted by Crippen LogP contribution is 2.18. The van der Waals surface area contributed by atoms with Gasteiger partial charge in [-0.25, -0.2) is 17.1 Å². The molecule has 0 heterocycles. The van der Waals surface area contributed by atoms with E-state index in [0.29, 0.717) is 30.2 Å². The van der Waals surface area contributed by atoms with Crippen LogP contribution in [0.15, 0.2) is 52.4 Å². The van der Waals surface area contributed by atoms with Crippen LogP contribution in [0, 0.1) is 12.7 Å². The van der Waals surface area contributed by atoms with Gasteiger partial charge >= 0.3 is 0 Å². The van der Waals surface area contributed by atoms with Crippen molar-refractivity contribution in [2.24, 2.45) is 4.99 Å². The maximum absolute atomic E-state index is 13.4. The van der Waals surface area contributed by atoms with E-state index in [4.69, 9.17) is 0 Å². The number of aryl methyl sites for hydroxylation is 1. The van der Waals surface area contributed by atoms with Crippen molar-refractivity contribution >= 4 is 40.0 Å². The van der Waals surface area contributed by atoms with Crippen molar-refractivity contribution in [1.29, 1.82) is 0 Å². The Balaban J connectivity index is 0.00000392. The van der Waals surface area contributed by atoms with Gasteiger partial charge < -0.3 is 10.6 Å². The summed E-state index contributed by atoms with van der Waals surface area (Å²) in [6.45, 7) is 2.48. The van der Waals surface area contributed by atoms with Crippen molar-refractivity contribution in [2.75, 3.05) is 21.1 Å². The van der Waals surface area contributed by atoms with Gasteiger partial charge in [-0.2, -0.15) is 0 Å². The number of halogens is 2. The van der Waals surface area contributed by atoms with Crippen LogP contribution in [0.3, 0.4) is 0 Å². The van der Waals surface area contributed by atoms with Crippen LogP contribution >= 0.6 is 24.0 Å². The van der Waals surface area contributed by atoms with Gasteiger partial charge in [-0.15, -0.1) is 24.0 Å². The van der Waals surface area contributed by atoms with E-state index in [0.717, 1.165) is 5.56 Å². The Morgan fingerprint density at radius 3 is 2.36 bits per heavy atom. The predicted octanol–water partition coefficient (Wildman–Crippen LogP) is 2.87. The molecule has 2 aromatic rings. The summed E-state index contributed by atoms with van der Waals surface area (Å²) in [4.78, 5) is 4.40. The zero-order valence-electron chi connectivity index (χ0n) is 16.4. The molecule has 154 valence electrons. The third-order valence-electron chi connectivity index (χ3n) is 4.08. The molecule has 0 atom stereocenters. The molecule has 0 fully saturated rings. The Hall–Kier alpha value is -1.72. The van der Waals surface area contributed by atoms with Crippen molar-refractivity contribution in [3.63, 3.8) is 0 Å². The molecular formula is C19H26FIN4O2S. The van der Waals surface area contributed by atoms with Crippen molar-refractivity contribution in [3.8, 4) is 0 Å². The van der Waals surface area contributed by atoms with Gasteiger partial charge in [0.1, 0.15) is 5.82 Å². The first-order valence-electron chi connectivity index (χ1n) is 8.45. The van der Waals surface area contributed by atoms with Gasteiger partial charge in [-0.05, 0) is 35.7 Å². The Morgan fingerprint density at radius 1 is 1.11 bits per heavy atom. The monoisotopic (exact) mass is 520 g/mol. The van der Waals surface area contributed by atoms with Gasteiger partial charge in [0.15, 0.2) is 5.96 Å². The van der Waals surface area contributed by atoms with Crippen LogP contribution in [0.2, 0.25) is 0 Å². The minimum atomic E-state index is -3.53. The maximum Gasteiger partial charge on any atom is 0.242 e. The summed E-state index contributed by atoms with van der Waals surface area (Å²) in [7, 11) is 1.11. The van der Waals surface area contributed by atoms with Gasteiger partial charge in [0.05, 0.1) is 4.90 Å². The summed E-state index contributed by atoms with van der Waals surface area (Å²) >= 11 is 0. The highest BCUT2D eigenvalue weighted by atomic mass is 127. The molecule has 0 saturated heterocycles. The minimum absolute atomic E-state index is 0. The van der Waals surface area contributed by atoms with Gasteiger partial charge in [-0.3, -0.25) is 4.99 Å². The van der Waals surface area contributed by atoms with Crippen LogP contribution in [0.4, 0.5) is 4.39 Å². The fourth-order valence-corrected chi connectivity index (χ4v) is 3.62. The molecule has 0 bridgehead atoms. The molecule has 9 heteroatoms. The third kappa shape index (κ3) is 6.14. The van der Waals surface area contributed by atoms with E-state index < -0.39 is 10.0 Å². The molecule has 0 aliphatic rings. The largest absolute Gasteiger partial charge is 0.352 e. The number of hydrogen-bond donors (Lipinski definition) is 2. The molecule has 0 saturated carbocycles. The van der Waals surface area contributed by atoms with Gasteiger partial charge in [-0.1, -0.05) is 30.3 Å². The lowest BCUT2D eigenvalue weighted by Gasteiger charge is -2.17. The van der Waals surface area contributed by atoms with E-state index in [9.17, 15) is 12.8 Å². The molecule has 0 aliphatic carbocycles. The summed E-state index contributed by atoms with van der Waals surface area (Å²) in [5.74, 6) is 0.286.